The Bertz CT molecular complexity index is 452. The van der Waals surface area contributed by atoms with Gasteiger partial charge < -0.3 is 5.11 Å². The smallest absolute Gasteiger partial charge is 0.306 e. The Labute approximate surface area is 114 Å². The average Bonchev–Trinajstić information content (AvgIpc) is 2.95. The van der Waals surface area contributed by atoms with Gasteiger partial charge in [0.2, 0.25) is 0 Å². The van der Waals surface area contributed by atoms with Crippen molar-refractivity contribution < 1.29 is 18.3 Å². The van der Waals surface area contributed by atoms with Gasteiger partial charge in [-0.2, -0.15) is 12.7 Å². The Kier molecular flexibility index (Phi) is 3.90. The third-order valence-corrected chi connectivity index (χ3v) is 5.95. The predicted octanol–water partition coefficient (Wildman–Crippen LogP) is 0.664. The number of nitrogens with one attached hydrogen (secondary N) is 1. The fourth-order valence-electron chi connectivity index (χ4n) is 2.56. The van der Waals surface area contributed by atoms with E-state index in [1.807, 2.05) is 0 Å². The molecule has 1 saturated carbocycles. The first-order valence-corrected chi connectivity index (χ1v) is 8.14. The molecule has 2 fully saturated rings. The molecule has 2 rings (SSSR count). The van der Waals surface area contributed by atoms with E-state index < -0.39 is 22.1 Å². The van der Waals surface area contributed by atoms with Crippen LogP contribution in [0.5, 0.6) is 0 Å². The van der Waals surface area contributed by atoms with E-state index >= 15 is 0 Å². The fraction of sp³-hybridized carbons (Fsp3) is 0.917. The van der Waals surface area contributed by atoms with Crippen LogP contribution in [-0.2, 0) is 15.0 Å². The van der Waals surface area contributed by atoms with Gasteiger partial charge in [-0.1, -0.05) is 13.8 Å². The van der Waals surface area contributed by atoms with E-state index in [1.165, 1.54) is 4.31 Å². The van der Waals surface area contributed by atoms with Crippen LogP contribution in [0.1, 0.15) is 33.1 Å². The number of rotatable bonds is 5. The van der Waals surface area contributed by atoms with Crippen LogP contribution in [-0.4, -0.2) is 43.4 Å². The third-order valence-electron chi connectivity index (χ3n) is 4.37. The number of aliphatic carboxylic acids is 1. The van der Waals surface area contributed by atoms with Crippen molar-refractivity contribution in [3.05, 3.63) is 0 Å². The summed E-state index contributed by atoms with van der Waals surface area (Å²) in [6.45, 7) is 5.32. The average molecular weight is 290 g/mol. The van der Waals surface area contributed by atoms with Crippen molar-refractivity contribution in [3.8, 4) is 0 Å². The largest absolute Gasteiger partial charge is 0.481 e. The van der Waals surface area contributed by atoms with E-state index in [0.717, 1.165) is 6.42 Å². The molecule has 6 nitrogen and oxygen atoms in total. The van der Waals surface area contributed by atoms with Crippen LogP contribution in [0.2, 0.25) is 0 Å². The summed E-state index contributed by atoms with van der Waals surface area (Å²) in [5, 5.41) is 8.89. The van der Waals surface area contributed by atoms with Gasteiger partial charge in [0, 0.05) is 19.6 Å². The van der Waals surface area contributed by atoms with Crippen molar-refractivity contribution in [2.24, 2.45) is 17.3 Å². The molecule has 0 bridgehead atoms. The number of hydrogen-bond acceptors (Lipinski definition) is 3. The summed E-state index contributed by atoms with van der Waals surface area (Å²) in [5.41, 5.74) is 0.249. The molecule has 0 aromatic carbocycles. The minimum Gasteiger partial charge on any atom is -0.481 e. The number of piperidine rings is 1. The molecule has 110 valence electrons. The third kappa shape index (κ3) is 3.46. The number of carbonyl (C=O) groups is 1. The van der Waals surface area contributed by atoms with Gasteiger partial charge in [0.15, 0.2) is 0 Å². The van der Waals surface area contributed by atoms with E-state index in [-0.39, 0.29) is 5.41 Å². The van der Waals surface area contributed by atoms with Crippen molar-refractivity contribution in [1.29, 1.82) is 0 Å². The van der Waals surface area contributed by atoms with E-state index in [2.05, 4.69) is 18.6 Å². The molecular formula is C12H22N2O4S. The van der Waals surface area contributed by atoms with Gasteiger partial charge in [0.1, 0.15) is 0 Å². The highest BCUT2D eigenvalue weighted by Crippen LogP contribution is 2.51. The summed E-state index contributed by atoms with van der Waals surface area (Å²) in [6.07, 6.45) is 1.84. The van der Waals surface area contributed by atoms with Gasteiger partial charge in [0.25, 0.3) is 10.2 Å². The SMILES string of the molecule is CC1(C)CC1CNS(=O)(=O)N1CCC(C(=O)O)CC1. The Morgan fingerprint density at radius 2 is 1.89 bits per heavy atom. The molecule has 0 radical (unpaired) electrons. The summed E-state index contributed by atoms with van der Waals surface area (Å²) < 4.78 is 28.1. The minimum absolute atomic E-state index is 0.249. The molecule has 1 heterocycles. The van der Waals surface area contributed by atoms with Crippen LogP contribution in [0.15, 0.2) is 0 Å². The summed E-state index contributed by atoms with van der Waals surface area (Å²) in [4.78, 5) is 10.8. The first-order valence-electron chi connectivity index (χ1n) is 6.70. The molecule has 0 amide bonds. The van der Waals surface area contributed by atoms with Gasteiger partial charge >= 0.3 is 5.97 Å². The summed E-state index contributed by atoms with van der Waals surface area (Å²) >= 11 is 0. The molecule has 7 heteroatoms. The maximum Gasteiger partial charge on any atom is 0.306 e. The van der Waals surface area contributed by atoms with Crippen molar-refractivity contribution in [1.82, 2.24) is 9.03 Å². The molecule has 1 aliphatic carbocycles. The predicted molar refractivity (Wildman–Crippen MR) is 70.7 cm³/mol. The first kappa shape index (κ1) is 14.7. The molecule has 1 saturated heterocycles. The Balaban J connectivity index is 1.82. The highest BCUT2D eigenvalue weighted by atomic mass is 32.2. The monoisotopic (exact) mass is 290 g/mol. The molecule has 19 heavy (non-hydrogen) atoms. The maximum atomic E-state index is 12.1. The lowest BCUT2D eigenvalue weighted by molar-refractivity contribution is -0.142. The van der Waals surface area contributed by atoms with Crippen LogP contribution in [0.4, 0.5) is 0 Å². The molecule has 2 N–H and O–H groups in total. The van der Waals surface area contributed by atoms with E-state index in [0.29, 0.717) is 38.4 Å². The number of hydrogen-bond donors (Lipinski definition) is 2. The topological polar surface area (TPSA) is 86.7 Å². The second kappa shape index (κ2) is 5.03. The van der Waals surface area contributed by atoms with Crippen molar-refractivity contribution in [2.75, 3.05) is 19.6 Å². The van der Waals surface area contributed by atoms with Crippen molar-refractivity contribution in [2.45, 2.75) is 33.1 Å². The van der Waals surface area contributed by atoms with Gasteiger partial charge in [-0.25, -0.2) is 4.72 Å². The molecule has 1 atom stereocenters. The molecule has 1 unspecified atom stereocenters. The van der Waals surface area contributed by atoms with Crippen LogP contribution < -0.4 is 4.72 Å². The quantitative estimate of drug-likeness (QED) is 0.779. The van der Waals surface area contributed by atoms with Gasteiger partial charge in [-0.3, -0.25) is 4.79 Å². The lowest BCUT2D eigenvalue weighted by Gasteiger charge is -2.29. The summed E-state index contributed by atoms with van der Waals surface area (Å²) in [6, 6.07) is 0. The van der Waals surface area contributed by atoms with E-state index in [9.17, 15) is 13.2 Å². The maximum absolute atomic E-state index is 12.1. The number of nitrogens with zero attached hydrogens (tertiary/aromatic N) is 1. The standard InChI is InChI=1S/C12H22N2O4S/c1-12(2)7-10(12)8-13-19(17,18)14-5-3-9(4-6-14)11(15)16/h9-10,13H,3-8H2,1-2H3,(H,15,16). The van der Waals surface area contributed by atoms with Crippen LogP contribution in [0.25, 0.3) is 0 Å². The zero-order valence-electron chi connectivity index (χ0n) is 11.4. The van der Waals surface area contributed by atoms with Gasteiger partial charge in [-0.05, 0) is 30.6 Å². The lowest BCUT2D eigenvalue weighted by atomic mass is 9.99. The molecule has 2 aliphatic rings. The van der Waals surface area contributed by atoms with Gasteiger partial charge in [0.05, 0.1) is 5.92 Å². The van der Waals surface area contributed by atoms with Crippen molar-refractivity contribution >= 4 is 16.2 Å². The molecule has 0 aromatic rings. The van der Waals surface area contributed by atoms with E-state index in [4.69, 9.17) is 5.11 Å². The van der Waals surface area contributed by atoms with Crippen molar-refractivity contribution in [3.63, 3.8) is 0 Å². The normalized spacial score (nSPS) is 28.2. The second-order valence-corrected chi connectivity index (χ2v) is 8.01. The Hall–Kier alpha value is -0.660. The first-order chi connectivity index (χ1) is 8.72. The highest BCUT2D eigenvalue weighted by Gasteiger charge is 2.45. The van der Waals surface area contributed by atoms with Crippen LogP contribution in [0.3, 0.4) is 0 Å². The highest BCUT2D eigenvalue weighted by molar-refractivity contribution is 7.87. The minimum atomic E-state index is -3.45. The zero-order valence-corrected chi connectivity index (χ0v) is 12.2. The zero-order chi connectivity index (χ0) is 14.3. The number of carboxylic acids is 1. The molecule has 0 spiro atoms. The summed E-state index contributed by atoms with van der Waals surface area (Å²) in [5.74, 6) is -0.822. The van der Waals surface area contributed by atoms with E-state index in [1.54, 1.807) is 0 Å². The van der Waals surface area contributed by atoms with Crippen LogP contribution in [0, 0.1) is 17.3 Å². The molecular weight excluding hydrogens is 268 g/mol. The molecule has 1 aliphatic heterocycles. The second-order valence-electron chi connectivity index (χ2n) is 6.25. The Morgan fingerprint density at radius 1 is 1.37 bits per heavy atom. The Morgan fingerprint density at radius 3 is 2.32 bits per heavy atom. The lowest BCUT2D eigenvalue weighted by Crippen LogP contribution is -2.46. The number of carboxylic acid groups (broad SMARTS) is 1. The summed E-state index contributed by atoms with van der Waals surface area (Å²) in [7, 11) is -3.45. The van der Waals surface area contributed by atoms with Crippen LogP contribution >= 0.6 is 0 Å². The fourth-order valence-corrected chi connectivity index (χ4v) is 3.85. The van der Waals surface area contributed by atoms with Gasteiger partial charge in [-0.15, -0.1) is 0 Å². The molecule has 0 aromatic heterocycles.